The van der Waals surface area contributed by atoms with Gasteiger partial charge in [0.15, 0.2) is 0 Å². The van der Waals surface area contributed by atoms with Crippen LogP contribution in [0.1, 0.15) is 12.5 Å². The number of nitrogens with one attached hydrogen (secondary N) is 2. The summed E-state index contributed by atoms with van der Waals surface area (Å²) in [4.78, 5) is 16.5. The summed E-state index contributed by atoms with van der Waals surface area (Å²) in [6.07, 6.45) is 5.45. The lowest BCUT2D eigenvalue weighted by Crippen LogP contribution is -2.28. The number of amides is 2. The number of benzene rings is 2. The average molecular weight is 477 g/mol. The molecule has 2 amide bonds. The van der Waals surface area contributed by atoms with Gasteiger partial charge in [0.1, 0.15) is 5.69 Å². The standard InChI is InChI=1S/C24H24N6O3S/c1-2-30-16-22(23(29-30)18-10-12-26-13-11-18)19-4-3-5-20(14-19)28-24(31)27-15-17-6-8-21(9-7-17)34(25,32)33/h3-14,16H,2,15H2,1H3,(H2,25,32,33)(H2,27,28,31). The van der Waals surface area contributed by atoms with Crippen molar-refractivity contribution in [2.24, 2.45) is 5.14 Å². The molecule has 9 nitrogen and oxygen atoms in total. The molecule has 2 aromatic carbocycles. The Morgan fingerprint density at radius 2 is 1.76 bits per heavy atom. The lowest BCUT2D eigenvalue weighted by atomic mass is 10.0. The molecule has 34 heavy (non-hydrogen) atoms. The largest absolute Gasteiger partial charge is 0.334 e. The second kappa shape index (κ2) is 9.86. The summed E-state index contributed by atoms with van der Waals surface area (Å²) < 4.78 is 24.6. The van der Waals surface area contributed by atoms with Gasteiger partial charge in [0.2, 0.25) is 10.0 Å². The molecule has 0 aliphatic heterocycles. The number of carbonyl (C=O) groups is 1. The van der Waals surface area contributed by atoms with Crippen molar-refractivity contribution in [2.75, 3.05) is 5.32 Å². The highest BCUT2D eigenvalue weighted by Crippen LogP contribution is 2.32. The maximum atomic E-state index is 12.4. The number of carbonyl (C=O) groups excluding carboxylic acids is 1. The van der Waals surface area contributed by atoms with E-state index in [1.54, 1.807) is 30.6 Å². The van der Waals surface area contributed by atoms with Gasteiger partial charge in [-0.05, 0) is 54.4 Å². The Kier molecular flexibility index (Phi) is 6.71. The first-order valence-electron chi connectivity index (χ1n) is 10.6. The zero-order valence-electron chi connectivity index (χ0n) is 18.5. The average Bonchev–Trinajstić information content (AvgIpc) is 3.28. The number of rotatable bonds is 7. The Morgan fingerprint density at radius 3 is 2.44 bits per heavy atom. The van der Waals surface area contributed by atoms with Crippen LogP contribution in [0.15, 0.2) is 84.1 Å². The molecule has 0 aliphatic rings. The van der Waals surface area contributed by atoms with E-state index in [2.05, 4.69) is 15.6 Å². The molecule has 4 rings (SSSR count). The first-order valence-corrected chi connectivity index (χ1v) is 12.1. The van der Waals surface area contributed by atoms with Gasteiger partial charge in [-0.25, -0.2) is 18.4 Å². The third-order valence-electron chi connectivity index (χ3n) is 5.18. The molecule has 0 atom stereocenters. The van der Waals surface area contributed by atoms with E-state index >= 15 is 0 Å². The van der Waals surface area contributed by atoms with E-state index in [0.717, 1.165) is 34.5 Å². The van der Waals surface area contributed by atoms with Crippen molar-refractivity contribution in [1.29, 1.82) is 0 Å². The molecule has 0 saturated carbocycles. The second-order valence-electron chi connectivity index (χ2n) is 7.56. The summed E-state index contributed by atoms with van der Waals surface area (Å²) in [5.74, 6) is 0. The summed E-state index contributed by atoms with van der Waals surface area (Å²) in [6, 6.07) is 17.0. The first-order chi connectivity index (χ1) is 16.3. The molecule has 0 spiro atoms. The Balaban J connectivity index is 1.47. The van der Waals surface area contributed by atoms with Crippen molar-refractivity contribution < 1.29 is 13.2 Å². The molecule has 4 N–H and O–H groups in total. The van der Waals surface area contributed by atoms with Crippen molar-refractivity contribution in [2.45, 2.75) is 24.9 Å². The van der Waals surface area contributed by atoms with Crippen LogP contribution in [0.2, 0.25) is 0 Å². The fourth-order valence-corrected chi connectivity index (χ4v) is 3.95. The number of anilines is 1. The van der Waals surface area contributed by atoms with E-state index in [-0.39, 0.29) is 17.5 Å². The fourth-order valence-electron chi connectivity index (χ4n) is 3.44. The van der Waals surface area contributed by atoms with Crippen molar-refractivity contribution in [3.8, 4) is 22.4 Å². The molecule has 0 fully saturated rings. The van der Waals surface area contributed by atoms with Gasteiger partial charge in [0.05, 0.1) is 4.90 Å². The Labute approximate surface area is 197 Å². The summed E-state index contributed by atoms with van der Waals surface area (Å²) in [5.41, 5.74) is 5.04. The van der Waals surface area contributed by atoms with Crippen LogP contribution in [0.3, 0.4) is 0 Å². The fraction of sp³-hybridized carbons (Fsp3) is 0.125. The van der Waals surface area contributed by atoms with Crippen LogP contribution >= 0.6 is 0 Å². The van der Waals surface area contributed by atoms with Gasteiger partial charge >= 0.3 is 6.03 Å². The van der Waals surface area contributed by atoms with E-state index in [1.165, 1.54) is 12.1 Å². The first kappa shape index (κ1) is 23.1. The molecular formula is C24H24N6O3S. The zero-order valence-corrected chi connectivity index (χ0v) is 19.3. The third kappa shape index (κ3) is 5.48. The SMILES string of the molecule is CCn1cc(-c2cccc(NC(=O)NCc3ccc(S(N)(=O)=O)cc3)c2)c(-c2ccncc2)n1. The maximum Gasteiger partial charge on any atom is 0.319 e. The Morgan fingerprint density at radius 1 is 1.03 bits per heavy atom. The highest BCUT2D eigenvalue weighted by Gasteiger charge is 2.14. The van der Waals surface area contributed by atoms with Crippen LogP contribution < -0.4 is 15.8 Å². The van der Waals surface area contributed by atoms with Gasteiger partial charge in [-0.2, -0.15) is 5.10 Å². The van der Waals surface area contributed by atoms with Crippen LogP contribution in [0.5, 0.6) is 0 Å². The highest BCUT2D eigenvalue weighted by molar-refractivity contribution is 7.89. The van der Waals surface area contributed by atoms with Crippen molar-refractivity contribution >= 4 is 21.7 Å². The Hall–Kier alpha value is -4.02. The molecule has 174 valence electrons. The summed E-state index contributed by atoms with van der Waals surface area (Å²) >= 11 is 0. The van der Waals surface area contributed by atoms with Crippen LogP contribution in [0.4, 0.5) is 10.5 Å². The predicted molar refractivity (Wildman–Crippen MR) is 130 cm³/mol. The normalized spacial score (nSPS) is 11.2. The number of pyridine rings is 1. The van der Waals surface area contributed by atoms with Crippen molar-refractivity contribution in [3.63, 3.8) is 0 Å². The van der Waals surface area contributed by atoms with Crippen LogP contribution in [0.25, 0.3) is 22.4 Å². The minimum Gasteiger partial charge on any atom is -0.334 e. The highest BCUT2D eigenvalue weighted by atomic mass is 32.2. The number of nitrogens with two attached hydrogens (primary N) is 1. The number of aryl methyl sites for hydroxylation is 1. The van der Waals surface area contributed by atoms with Crippen LogP contribution in [-0.2, 0) is 23.1 Å². The molecule has 0 radical (unpaired) electrons. The lowest BCUT2D eigenvalue weighted by molar-refractivity contribution is 0.251. The number of urea groups is 1. The van der Waals surface area contributed by atoms with Gasteiger partial charge in [-0.15, -0.1) is 0 Å². The number of aromatic nitrogens is 3. The second-order valence-corrected chi connectivity index (χ2v) is 9.12. The van der Waals surface area contributed by atoms with Crippen LogP contribution in [-0.4, -0.2) is 29.2 Å². The van der Waals surface area contributed by atoms with E-state index in [1.807, 2.05) is 48.1 Å². The molecule has 10 heteroatoms. The molecular weight excluding hydrogens is 452 g/mol. The van der Waals surface area contributed by atoms with E-state index in [4.69, 9.17) is 10.2 Å². The van der Waals surface area contributed by atoms with Gasteiger partial charge in [0, 0.05) is 48.5 Å². The topological polar surface area (TPSA) is 132 Å². The quantitative estimate of drug-likeness (QED) is 0.375. The molecule has 0 unspecified atom stereocenters. The number of nitrogens with zero attached hydrogens (tertiary/aromatic N) is 3. The minimum absolute atomic E-state index is 0.0232. The minimum atomic E-state index is -3.75. The number of hydrogen-bond acceptors (Lipinski definition) is 5. The van der Waals surface area contributed by atoms with E-state index < -0.39 is 10.0 Å². The lowest BCUT2D eigenvalue weighted by Gasteiger charge is -2.10. The number of primary sulfonamides is 1. The Bertz CT molecular complexity index is 1400. The monoisotopic (exact) mass is 476 g/mol. The third-order valence-corrected chi connectivity index (χ3v) is 6.11. The summed E-state index contributed by atoms with van der Waals surface area (Å²) in [7, 11) is -3.75. The smallest absolute Gasteiger partial charge is 0.319 e. The summed E-state index contributed by atoms with van der Waals surface area (Å²) in [5, 5.41) is 15.4. The van der Waals surface area contributed by atoms with E-state index in [9.17, 15) is 13.2 Å². The molecule has 2 heterocycles. The van der Waals surface area contributed by atoms with Crippen LogP contribution in [0, 0.1) is 0 Å². The van der Waals surface area contributed by atoms with Crippen molar-refractivity contribution in [3.05, 3.63) is 84.8 Å². The summed E-state index contributed by atoms with van der Waals surface area (Å²) in [6.45, 7) is 2.99. The molecule has 0 aliphatic carbocycles. The zero-order chi connectivity index (χ0) is 24.1. The molecule has 2 aromatic heterocycles. The van der Waals surface area contributed by atoms with Gasteiger partial charge < -0.3 is 10.6 Å². The number of sulfonamides is 1. The molecule has 0 bridgehead atoms. The maximum absolute atomic E-state index is 12.4. The number of hydrogen-bond donors (Lipinski definition) is 3. The van der Waals surface area contributed by atoms with Gasteiger partial charge in [0.25, 0.3) is 0 Å². The molecule has 0 saturated heterocycles. The van der Waals surface area contributed by atoms with Gasteiger partial charge in [-0.1, -0.05) is 24.3 Å². The molecule has 4 aromatic rings. The van der Waals surface area contributed by atoms with E-state index in [0.29, 0.717) is 5.69 Å². The predicted octanol–water partition coefficient (Wildman–Crippen LogP) is 3.60. The van der Waals surface area contributed by atoms with Gasteiger partial charge in [-0.3, -0.25) is 9.67 Å². The van der Waals surface area contributed by atoms with Crippen molar-refractivity contribution in [1.82, 2.24) is 20.1 Å².